The van der Waals surface area contributed by atoms with E-state index in [0.717, 1.165) is 10.6 Å². The molecular formula is C19H32N2O5S. The number of nitrogens with zero attached hydrogens (tertiary/aromatic N) is 1. The number of ether oxygens (including phenoxy) is 2. The van der Waals surface area contributed by atoms with Gasteiger partial charge in [-0.15, -0.1) is 0 Å². The minimum absolute atomic E-state index is 0.0615. The van der Waals surface area contributed by atoms with Gasteiger partial charge in [0.15, 0.2) is 0 Å². The van der Waals surface area contributed by atoms with Gasteiger partial charge in [-0.05, 0) is 30.9 Å². The average molecular weight is 401 g/mol. The first-order valence-corrected chi connectivity index (χ1v) is 10.8. The van der Waals surface area contributed by atoms with Crippen molar-refractivity contribution < 1.29 is 22.7 Å². The van der Waals surface area contributed by atoms with Gasteiger partial charge in [0.25, 0.3) is 0 Å². The predicted octanol–water partition coefficient (Wildman–Crippen LogP) is 2.66. The van der Waals surface area contributed by atoms with Gasteiger partial charge in [-0.3, -0.25) is 9.10 Å². The molecule has 0 aromatic heterocycles. The van der Waals surface area contributed by atoms with Crippen LogP contribution in [-0.4, -0.2) is 46.9 Å². The molecule has 0 aliphatic carbocycles. The summed E-state index contributed by atoms with van der Waals surface area (Å²) in [5.41, 5.74) is 0.257. The van der Waals surface area contributed by atoms with Crippen molar-refractivity contribution in [1.82, 2.24) is 5.32 Å². The van der Waals surface area contributed by atoms with E-state index in [9.17, 15) is 13.2 Å². The summed E-state index contributed by atoms with van der Waals surface area (Å²) in [5.74, 6) is 0.885. The number of anilines is 1. The molecule has 0 bridgehead atoms. The van der Waals surface area contributed by atoms with Gasteiger partial charge in [-0.1, -0.05) is 27.7 Å². The molecule has 1 aromatic rings. The lowest BCUT2D eigenvalue weighted by molar-refractivity contribution is -0.123. The number of amides is 1. The number of rotatable bonds is 9. The van der Waals surface area contributed by atoms with E-state index in [1.165, 1.54) is 14.2 Å². The van der Waals surface area contributed by atoms with Gasteiger partial charge in [0, 0.05) is 12.1 Å². The Kier molecular flexibility index (Phi) is 7.95. The minimum Gasteiger partial charge on any atom is -0.497 e. The third-order valence-corrected chi connectivity index (χ3v) is 5.68. The zero-order valence-electron chi connectivity index (χ0n) is 17.4. The van der Waals surface area contributed by atoms with Gasteiger partial charge < -0.3 is 14.8 Å². The van der Waals surface area contributed by atoms with Crippen molar-refractivity contribution in [3.8, 4) is 11.5 Å². The number of carbonyl (C=O) groups is 1. The summed E-state index contributed by atoms with van der Waals surface area (Å²) >= 11 is 0. The van der Waals surface area contributed by atoms with Crippen LogP contribution in [0.4, 0.5) is 5.69 Å². The van der Waals surface area contributed by atoms with Gasteiger partial charge in [0.05, 0.1) is 26.2 Å². The number of hydrogen-bond donors (Lipinski definition) is 1. The van der Waals surface area contributed by atoms with Crippen molar-refractivity contribution in [3.05, 3.63) is 18.2 Å². The predicted molar refractivity (Wildman–Crippen MR) is 108 cm³/mol. The van der Waals surface area contributed by atoms with Crippen LogP contribution in [0, 0.1) is 11.8 Å². The summed E-state index contributed by atoms with van der Waals surface area (Å²) in [7, 11) is -0.822. The monoisotopic (exact) mass is 400 g/mol. The lowest BCUT2D eigenvalue weighted by Gasteiger charge is -2.32. The van der Waals surface area contributed by atoms with E-state index >= 15 is 0 Å². The molecule has 1 rings (SSSR count). The highest BCUT2D eigenvalue weighted by molar-refractivity contribution is 7.92. The van der Waals surface area contributed by atoms with E-state index in [1.807, 2.05) is 27.7 Å². The number of sulfonamides is 1. The maximum atomic E-state index is 12.9. The van der Waals surface area contributed by atoms with E-state index in [2.05, 4.69) is 5.32 Å². The van der Waals surface area contributed by atoms with E-state index in [1.54, 1.807) is 25.1 Å². The zero-order valence-corrected chi connectivity index (χ0v) is 18.3. The quantitative estimate of drug-likeness (QED) is 0.689. The molecule has 0 spiro atoms. The van der Waals surface area contributed by atoms with Crippen molar-refractivity contribution >= 4 is 21.6 Å². The average Bonchev–Trinajstić information content (AvgIpc) is 2.57. The number of carbonyl (C=O) groups excluding carboxylic acids is 1. The first-order valence-electron chi connectivity index (χ1n) is 8.95. The first-order chi connectivity index (χ1) is 12.4. The molecule has 0 fully saturated rings. The molecule has 0 saturated carbocycles. The second-order valence-corrected chi connectivity index (χ2v) is 9.15. The molecule has 0 unspecified atom stereocenters. The Hall–Kier alpha value is -1.96. The van der Waals surface area contributed by atoms with E-state index in [4.69, 9.17) is 9.47 Å². The number of methoxy groups -OCH3 is 2. The maximum absolute atomic E-state index is 12.9. The lowest BCUT2D eigenvalue weighted by Crippen LogP contribution is -2.52. The molecule has 0 aliphatic heterocycles. The van der Waals surface area contributed by atoms with Crippen LogP contribution < -0.4 is 19.1 Å². The van der Waals surface area contributed by atoms with Crippen molar-refractivity contribution in [2.75, 3.05) is 24.8 Å². The van der Waals surface area contributed by atoms with Crippen LogP contribution in [0.5, 0.6) is 11.5 Å². The Bertz CT molecular complexity index is 738. The molecule has 7 nitrogen and oxygen atoms in total. The number of nitrogens with one attached hydrogen (secondary N) is 1. The van der Waals surface area contributed by atoms with Crippen LogP contribution in [0.3, 0.4) is 0 Å². The third kappa shape index (κ3) is 5.76. The van der Waals surface area contributed by atoms with Crippen molar-refractivity contribution in [3.63, 3.8) is 0 Å². The molecule has 27 heavy (non-hydrogen) atoms. The number of hydrogen-bond acceptors (Lipinski definition) is 5. The molecule has 1 aromatic carbocycles. The topological polar surface area (TPSA) is 84.9 Å². The van der Waals surface area contributed by atoms with Gasteiger partial charge in [0.1, 0.15) is 17.5 Å². The Balaban J connectivity index is 3.35. The van der Waals surface area contributed by atoms with Crippen molar-refractivity contribution in [1.29, 1.82) is 0 Å². The SMILES string of the molecule is COc1ccc(OC)c(N([C@@H](C)C(=O)NC(C(C)C)C(C)C)S(C)(=O)=O)c1. The van der Waals surface area contributed by atoms with Crippen LogP contribution in [0.25, 0.3) is 0 Å². The van der Waals surface area contributed by atoms with Crippen LogP contribution in [0.2, 0.25) is 0 Å². The summed E-state index contributed by atoms with van der Waals surface area (Å²) in [6, 6.07) is 3.81. The number of benzene rings is 1. The summed E-state index contributed by atoms with van der Waals surface area (Å²) in [6.45, 7) is 9.65. The molecule has 1 amide bonds. The normalized spacial score (nSPS) is 13.0. The molecule has 0 saturated heterocycles. The Morgan fingerprint density at radius 2 is 1.59 bits per heavy atom. The summed E-state index contributed by atoms with van der Waals surface area (Å²) in [4.78, 5) is 12.9. The Labute approximate surface area is 163 Å². The zero-order chi connectivity index (χ0) is 20.9. The van der Waals surface area contributed by atoms with Gasteiger partial charge >= 0.3 is 0 Å². The van der Waals surface area contributed by atoms with E-state index < -0.39 is 16.1 Å². The fourth-order valence-electron chi connectivity index (χ4n) is 3.14. The summed E-state index contributed by atoms with van der Waals surface area (Å²) < 4.78 is 36.7. The van der Waals surface area contributed by atoms with Crippen LogP contribution in [-0.2, 0) is 14.8 Å². The molecule has 0 heterocycles. The summed E-state index contributed by atoms with van der Waals surface area (Å²) in [5, 5.41) is 2.99. The largest absolute Gasteiger partial charge is 0.497 e. The highest BCUT2D eigenvalue weighted by atomic mass is 32.2. The van der Waals surface area contributed by atoms with E-state index in [-0.39, 0.29) is 29.5 Å². The van der Waals surface area contributed by atoms with Crippen molar-refractivity contribution in [2.45, 2.75) is 46.7 Å². The second kappa shape index (κ2) is 9.30. The lowest BCUT2D eigenvalue weighted by atomic mass is 9.93. The van der Waals surface area contributed by atoms with Crippen LogP contribution >= 0.6 is 0 Å². The fraction of sp³-hybridized carbons (Fsp3) is 0.632. The van der Waals surface area contributed by atoms with Crippen LogP contribution in [0.15, 0.2) is 18.2 Å². The fourth-order valence-corrected chi connectivity index (χ4v) is 4.31. The van der Waals surface area contributed by atoms with Crippen molar-refractivity contribution in [2.24, 2.45) is 11.8 Å². The van der Waals surface area contributed by atoms with Gasteiger partial charge in [0.2, 0.25) is 15.9 Å². The molecule has 0 aliphatic rings. The maximum Gasteiger partial charge on any atom is 0.243 e. The Morgan fingerprint density at radius 1 is 1.04 bits per heavy atom. The molecule has 8 heteroatoms. The smallest absolute Gasteiger partial charge is 0.243 e. The second-order valence-electron chi connectivity index (χ2n) is 7.29. The standard InChI is InChI=1S/C19H32N2O5S/c1-12(2)18(13(3)4)20-19(22)14(5)21(27(8,23)24)16-11-15(25-6)9-10-17(16)26-7/h9-14,18H,1-8H3,(H,20,22)/t14-/m0/s1. The Morgan fingerprint density at radius 3 is 2.00 bits per heavy atom. The molecular weight excluding hydrogens is 368 g/mol. The third-order valence-electron chi connectivity index (χ3n) is 4.46. The first kappa shape index (κ1) is 23.1. The highest BCUT2D eigenvalue weighted by Crippen LogP contribution is 2.35. The van der Waals surface area contributed by atoms with E-state index in [0.29, 0.717) is 11.5 Å². The molecule has 0 radical (unpaired) electrons. The minimum atomic E-state index is -3.76. The molecule has 1 N–H and O–H groups in total. The van der Waals surface area contributed by atoms with Gasteiger partial charge in [-0.2, -0.15) is 0 Å². The molecule has 1 atom stereocenters. The van der Waals surface area contributed by atoms with Gasteiger partial charge in [-0.25, -0.2) is 8.42 Å². The molecule has 154 valence electrons. The van der Waals surface area contributed by atoms with Crippen LogP contribution in [0.1, 0.15) is 34.6 Å². The highest BCUT2D eigenvalue weighted by Gasteiger charge is 2.33. The summed E-state index contributed by atoms with van der Waals surface area (Å²) in [6.07, 6.45) is 1.07.